The molecule has 2 rings (SSSR count). The second kappa shape index (κ2) is 7.00. The minimum atomic E-state index is -3.54. The Bertz CT molecular complexity index is 592. The molecule has 0 saturated heterocycles. The first kappa shape index (κ1) is 15.2. The van der Waals surface area contributed by atoms with Crippen molar-refractivity contribution in [1.82, 2.24) is 5.09 Å². The lowest BCUT2D eigenvalue weighted by atomic mass is 10.3. The van der Waals surface area contributed by atoms with Crippen LogP contribution in [0.3, 0.4) is 0 Å². The van der Waals surface area contributed by atoms with E-state index in [2.05, 4.69) is 5.09 Å². The molecule has 4 nitrogen and oxygen atoms in total. The van der Waals surface area contributed by atoms with Crippen LogP contribution in [0, 0.1) is 0 Å². The summed E-state index contributed by atoms with van der Waals surface area (Å²) < 4.78 is 23.9. The van der Waals surface area contributed by atoms with Gasteiger partial charge in [0.25, 0.3) is 0 Å². The van der Waals surface area contributed by atoms with Gasteiger partial charge in [-0.25, -0.2) is 4.57 Å². The molecule has 0 bridgehead atoms. The van der Waals surface area contributed by atoms with E-state index in [1.165, 1.54) is 0 Å². The summed E-state index contributed by atoms with van der Waals surface area (Å²) in [5.41, 5.74) is 0.962. The van der Waals surface area contributed by atoms with Gasteiger partial charge in [0.1, 0.15) is 11.5 Å². The van der Waals surface area contributed by atoms with Crippen molar-refractivity contribution >= 4 is 7.75 Å². The number of hydrogen-bond donors (Lipinski definition) is 1. The highest BCUT2D eigenvalue weighted by molar-refractivity contribution is 7.52. The zero-order chi connectivity index (χ0) is 15.1. The first-order valence-electron chi connectivity index (χ1n) is 6.58. The third-order valence-corrected chi connectivity index (χ3v) is 3.80. The normalized spacial score (nSPS) is 10.6. The largest absolute Gasteiger partial charge is 0.541 e. The summed E-state index contributed by atoms with van der Waals surface area (Å²) in [6, 6.07) is 17.9. The van der Waals surface area contributed by atoms with E-state index in [1.807, 2.05) is 50.2 Å². The highest BCUT2D eigenvalue weighted by Crippen LogP contribution is 2.44. The van der Waals surface area contributed by atoms with Gasteiger partial charge < -0.3 is 9.05 Å². The number of benzene rings is 2. The van der Waals surface area contributed by atoms with E-state index in [0.717, 1.165) is 5.57 Å². The van der Waals surface area contributed by atoms with Gasteiger partial charge in [0, 0.05) is 6.20 Å². The quantitative estimate of drug-likeness (QED) is 0.781. The lowest BCUT2D eigenvalue weighted by molar-refractivity contribution is 0.378. The molecule has 0 aromatic heterocycles. The van der Waals surface area contributed by atoms with Crippen LogP contribution in [0.15, 0.2) is 72.4 Å². The number of allylic oxidation sites excluding steroid dienone is 1. The number of rotatable bonds is 6. The Balaban J connectivity index is 2.21. The topological polar surface area (TPSA) is 47.6 Å². The Morgan fingerprint density at radius 2 is 1.33 bits per heavy atom. The van der Waals surface area contributed by atoms with Crippen LogP contribution in [0.1, 0.15) is 13.8 Å². The molecule has 0 saturated carbocycles. The minimum absolute atomic E-state index is 0.478. The molecule has 0 aliphatic carbocycles. The van der Waals surface area contributed by atoms with Crippen LogP contribution in [0.2, 0.25) is 0 Å². The van der Waals surface area contributed by atoms with Gasteiger partial charge in [-0.2, -0.15) is 0 Å². The molecule has 0 radical (unpaired) electrons. The highest BCUT2D eigenvalue weighted by atomic mass is 31.2. The molecular weight excluding hydrogens is 285 g/mol. The van der Waals surface area contributed by atoms with Crippen molar-refractivity contribution in [3.63, 3.8) is 0 Å². The maximum Gasteiger partial charge on any atom is 0.541 e. The fraction of sp³-hybridized carbons (Fsp3) is 0.125. The van der Waals surface area contributed by atoms with Crippen LogP contribution < -0.4 is 14.1 Å². The molecule has 0 aliphatic heterocycles. The molecule has 2 aromatic rings. The van der Waals surface area contributed by atoms with Crippen molar-refractivity contribution in [3.8, 4) is 11.5 Å². The summed E-state index contributed by atoms with van der Waals surface area (Å²) in [6.07, 6.45) is 1.62. The van der Waals surface area contributed by atoms with E-state index in [9.17, 15) is 4.57 Å². The molecule has 21 heavy (non-hydrogen) atoms. The number of nitrogens with one attached hydrogen (secondary N) is 1. The van der Waals surface area contributed by atoms with E-state index < -0.39 is 7.75 Å². The van der Waals surface area contributed by atoms with Crippen LogP contribution in [0.25, 0.3) is 0 Å². The molecule has 0 spiro atoms. The predicted octanol–water partition coefficient (Wildman–Crippen LogP) is 4.77. The molecular formula is C16H18NO3P. The van der Waals surface area contributed by atoms with Crippen molar-refractivity contribution in [3.05, 3.63) is 72.4 Å². The molecule has 0 amide bonds. The Labute approximate surface area is 125 Å². The van der Waals surface area contributed by atoms with Gasteiger partial charge in [-0.1, -0.05) is 42.0 Å². The fourth-order valence-corrected chi connectivity index (χ4v) is 2.88. The number of para-hydroxylation sites is 2. The monoisotopic (exact) mass is 303 g/mol. The molecule has 0 fully saturated rings. The maximum atomic E-state index is 12.9. The first-order valence-corrected chi connectivity index (χ1v) is 8.12. The van der Waals surface area contributed by atoms with Crippen LogP contribution in [0.5, 0.6) is 11.5 Å². The zero-order valence-corrected chi connectivity index (χ0v) is 12.9. The van der Waals surface area contributed by atoms with Gasteiger partial charge in [0.05, 0.1) is 0 Å². The highest BCUT2D eigenvalue weighted by Gasteiger charge is 2.27. The number of hydrogen-bond acceptors (Lipinski definition) is 3. The molecule has 2 aromatic carbocycles. The second-order valence-electron chi connectivity index (χ2n) is 4.66. The Morgan fingerprint density at radius 1 is 0.905 bits per heavy atom. The summed E-state index contributed by atoms with van der Waals surface area (Å²) in [5.74, 6) is 0.956. The third kappa shape index (κ3) is 5.01. The predicted molar refractivity (Wildman–Crippen MR) is 84.3 cm³/mol. The van der Waals surface area contributed by atoms with Crippen LogP contribution in [-0.4, -0.2) is 0 Å². The van der Waals surface area contributed by atoms with Crippen LogP contribution in [0.4, 0.5) is 0 Å². The summed E-state index contributed by atoms with van der Waals surface area (Å²) in [6.45, 7) is 3.78. The first-order chi connectivity index (χ1) is 10.1. The van der Waals surface area contributed by atoms with E-state index in [-0.39, 0.29) is 0 Å². The smallest absolute Gasteiger partial charge is 0.400 e. The van der Waals surface area contributed by atoms with Gasteiger partial charge in [0.15, 0.2) is 0 Å². The van der Waals surface area contributed by atoms with Crippen molar-refractivity contribution in [2.75, 3.05) is 0 Å². The molecule has 1 N–H and O–H groups in total. The summed E-state index contributed by atoms with van der Waals surface area (Å²) >= 11 is 0. The molecule has 110 valence electrons. The SMILES string of the molecule is CC(C)=CNP(=O)(Oc1ccccc1)Oc1ccccc1. The third-order valence-electron chi connectivity index (χ3n) is 2.45. The van der Waals surface area contributed by atoms with Gasteiger partial charge >= 0.3 is 7.75 Å². The Morgan fingerprint density at radius 3 is 1.71 bits per heavy atom. The van der Waals surface area contributed by atoms with Crippen LogP contribution in [-0.2, 0) is 4.57 Å². The summed E-state index contributed by atoms with van der Waals surface area (Å²) in [7, 11) is -3.54. The minimum Gasteiger partial charge on any atom is -0.400 e. The summed E-state index contributed by atoms with van der Waals surface area (Å²) in [4.78, 5) is 0. The van der Waals surface area contributed by atoms with Crippen molar-refractivity contribution < 1.29 is 13.6 Å². The lowest BCUT2D eigenvalue weighted by Gasteiger charge is -2.19. The van der Waals surface area contributed by atoms with Gasteiger partial charge in [-0.3, -0.25) is 5.09 Å². The van der Waals surface area contributed by atoms with E-state index in [0.29, 0.717) is 11.5 Å². The van der Waals surface area contributed by atoms with Crippen molar-refractivity contribution in [2.24, 2.45) is 0 Å². The molecule has 0 aliphatic rings. The van der Waals surface area contributed by atoms with E-state index in [1.54, 1.807) is 30.5 Å². The molecule has 0 unspecified atom stereocenters. The zero-order valence-electron chi connectivity index (χ0n) is 12.0. The average Bonchev–Trinajstić information content (AvgIpc) is 2.47. The van der Waals surface area contributed by atoms with Crippen molar-refractivity contribution in [2.45, 2.75) is 13.8 Å². The summed E-state index contributed by atoms with van der Waals surface area (Å²) in [5, 5.41) is 2.74. The van der Waals surface area contributed by atoms with Gasteiger partial charge in [0.2, 0.25) is 0 Å². The second-order valence-corrected chi connectivity index (χ2v) is 6.28. The molecule has 0 atom stereocenters. The van der Waals surface area contributed by atoms with Crippen molar-refractivity contribution in [1.29, 1.82) is 0 Å². The Kier molecular flexibility index (Phi) is 5.07. The lowest BCUT2D eigenvalue weighted by Crippen LogP contribution is -2.13. The van der Waals surface area contributed by atoms with E-state index in [4.69, 9.17) is 9.05 Å². The molecule has 5 heteroatoms. The molecule has 0 heterocycles. The maximum absolute atomic E-state index is 12.9. The van der Waals surface area contributed by atoms with Crippen LogP contribution >= 0.6 is 7.75 Å². The van der Waals surface area contributed by atoms with E-state index >= 15 is 0 Å². The van der Waals surface area contributed by atoms with Gasteiger partial charge in [-0.05, 0) is 38.1 Å². The average molecular weight is 303 g/mol. The standard InChI is InChI=1S/C16H18NO3P/c1-14(2)13-17-21(18,19-15-9-5-3-6-10-15)20-16-11-7-4-8-12-16/h3-13H,1-2H3,(H,17,18). The fourth-order valence-electron chi connectivity index (χ4n) is 1.52. The Hall–Kier alpha value is -2.19. The van der Waals surface area contributed by atoms with Gasteiger partial charge in [-0.15, -0.1) is 0 Å².